The van der Waals surface area contributed by atoms with Gasteiger partial charge in [0.15, 0.2) is 0 Å². The van der Waals surface area contributed by atoms with Crippen molar-refractivity contribution in [1.29, 1.82) is 0 Å². The molecule has 1 aromatic rings. The van der Waals surface area contributed by atoms with Crippen LogP contribution >= 0.6 is 0 Å². The fourth-order valence-electron chi connectivity index (χ4n) is 1.83. The van der Waals surface area contributed by atoms with E-state index in [1.54, 1.807) is 0 Å². The number of nitrogens with one attached hydrogen (secondary N) is 2. The van der Waals surface area contributed by atoms with E-state index in [0.717, 1.165) is 25.7 Å². The molecule has 94 valence electrons. The first-order chi connectivity index (χ1) is 8.25. The lowest BCUT2D eigenvalue weighted by Gasteiger charge is -2.14. The lowest BCUT2D eigenvalue weighted by molar-refractivity contribution is 0.608. The maximum absolute atomic E-state index is 3.50. The van der Waals surface area contributed by atoms with Gasteiger partial charge in [-0.3, -0.25) is 0 Å². The predicted octanol–water partition coefficient (Wildman–Crippen LogP) is 1.59. The molecule has 2 rings (SSSR count). The molecule has 1 aliphatic carbocycles. The molecule has 0 heterocycles. The van der Waals surface area contributed by atoms with Crippen molar-refractivity contribution in [1.82, 2.24) is 10.6 Å². The van der Waals surface area contributed by atoms with E-state index < -0.39 is 0 Å². The molecule has 0 amide bonds. The molecule has 0 saturated heterocycles. The lowest BCUT2D eigenvalue weighted by atomic mass is 10.2. The molecule has 1 aliphatic rings. The zero-order chi connectivity index (χ0) is 12.1. The molecule has 3 nitrogen and oxygen atoms in total. The molecule has 2 N–H and O–H groups in total. The fourth-order valence-corrected chi connectivity index (χ4v) is 1.83. The Kier molecular flexibility index (Phi) is 4.40. The average molecular weight is 233 g/mol. The summed E-state index contributed by atoms with van der Waals surface area (Å²) in [5, 5.41) is 6.97. The van der Waals surface area contributed by atoms with Gasteiger partial charge in [0.2, 0.25) is 0 Å². The van der Waals surface area contributed by atoms with E-state index in [1.165, 1.54) is 24.1 Å². The van der Waals surface area contributed by atoms with Gasteiger partial charge in [-0.25, -0.2) is 0 Å². The minimum Gasteiger partial charge on any atom is -0.378 e. The molecule has 0 spiro atoms. The number of hydrogen-bond donors (Lipinski definition) is 2. The Morgan fingerprint density at radius 1 is 1.24 bits per heavy atom. The standard InChI is InChI=1S/C14H23N3/c1-17(2)14-5-3-4-12(10-14)11-15-8-9-16-13-6-7-13/h3-5,10,13,15-16H,6-9,11H2,1-2H3. The normalized spacial score (nSPS) is 14.9. The van der Waals surface area contributed by atoms with Crippen molar-refractivity contribution in [3.8, 4) is 0 Å². The van der Waals surface area contributed by atoms with Crippen molar-refractivity contribution in [2.45, 2.75) is 25.4 Å². The largest absolute Gasteiger partial charge is 0.378 e. The van der Waals surface area contributed by atoms with Gasteiger partial charge in [-0.05, 0) is 30.5 Å². The summed E-state index contributed by atoms with van der Waals surface area (Å²) in [5.41, 5.74) is 2.61. The van der Waals surface area contributed by atoms with Crippen molar-refractivity contribution >= 4 is 5.69 Å². The average Bonchev–Trinajstić information content (AvgIpc) is 3.13. The third kappa shape index (κ3) is 4.36. The SMILES string of the molecule is CN(C)c1cccc(CNCCNC2CC2)c1. The first kappa shape index (κ1) is 12.4. The van der Waals surface area contributed by atoms with Crippen LogP contribution in [0.4, 0.5) is 5.69 Å². The van der Waals surface area contributed by atoms with Crippen molar-refractivity contribution in [3.63, 3.8) is 0 Å². The van der Waals surface area contributed by atoms with E-state index in [9.17, 15) is 0 Å². The van der Waals surface area contributed by atoms with Crippen molar-refractivity contribution in [2.75, 3.05) is 32.1 Å². The zero-order valence-electron chi connectivity index (χ0n) is 10.9. The van der Waals surface area contributed by atoms with Crippen LogP contribution in [0.15, 0.2) is 24.3 Å². The monoisotopic (exact) mass is 233 g/mol. The van der Waals surface area contributed by atoms with Gasteiger partial charge in [-0.15, -0.1) is 0 Å². The van der Waals surface area contributed by atoms with Crippen molar-refractivity contribution in [2.24, 2.45) is 0 Å². The first-order valence-electron chi connectivity index (χ1n) is 6.46. The van der Waals surface area contributed by atoms with Crippen LogP contribution in [0.5, 0.6) is 0 Å². The molecule has 3 heteroatoms. The van der Waals surface area contributed by atoms with Crippen LogP contribution in [0, 0.1) is 0 Å². The highest BCUT2D eigenvalue weighted by molar-refractivity contribution is 5.47. The van der Waals surface area contributed by atoms with Gasteiger partial charge in [0, 0.05) is 45.5 Å². The molecule has 1 aromatic carbocycles. The fraction of sp³-hybridized carbons (Fsp3) is 0.571. The molecule has 17 heavy (non-hydrogen) atoms. The second-order valence-corrected chi connectivity index (χ2v) is 4.97. The van der Waals surface area contributed by atoms with Gasteiger partial charge in [0.1, 0.15) is 0 Å². The van der Waals surface area contributed by atoms with Crippen molar-refractivity contribution < 1.29 is 0 Å². The minimum atomic E-state index is 0.814. The van der Waals surface area contributed by atoms with E-state index in [-0.39, 0.29) is 0 Å². The van der Waals surface area contributed by atoms with Crippen LogP contribution in [0.25, 0.3) is 0 Å². The summed E-state index contributed by atoms with van der Waals surface area (Å²) >= 11 is 0. The number of benzene rings is 1. The summed E-state index contributed by atoms with van der Waals surface area (Å²) in [6, 6.07) is 9.48. The highest BCUT2D eigenvalue weighted by atomic mass is 15.1. The Labute approximate surface area is 104 Å². The summed E-state index contributed by atoms with van der Waals surface area (Å²) in [4.78, 5) is 2.14. The topological polar surface area (TPSA) is 27.3 Å². The van der Waals surface area contributed by atoms with Gasteiger partial charge in [-0.1, -0.05) is 12.1 Å². The zero-order valence-corrected chi connectivity index (χ0v) is 10.9. The Bertz CT molecular complexity index is 345. The van der Waals surface area contributed by atoms with Crippen LogP contribution in [-0.4, -0.2) is 33.2 Å². The summed E-state index contributed by atoms with van der Waals surface area (Å²) in [6.45, 7) is 3.08. The second kappa shape index (κ2) is 6.03. The van der Waals surface area contributed by atoms with Crippen LogP contribution in [-0.2, 0) is 6.54 Å². The van der Waals surface area contributed by atoms with Crippen LogP contribution in [0.2, 0.25) is 0 Å². The minimum absolute atomic E-state index is 0.814. The molecule has 1 saturated carbocycles. The van der Waals surface area contributed by atoms with E-state index >= 15 is 0 Å². The Balaban J connectivity index is 1.68. The number of anilines is 1. The van der Waals surface area contributed by atoms with E-state index in [1.807, 2.05) is 0 Å². The van der Waals surface area contributed by atoms with Crippen LogP contribution in [0.1, 0.15) is 18.4 Å². The second-order valence-electron chi connectivity index (χ2n) is 4.97. The summed E-state index contributed by atoms with van der Waals surface area (Å²) in [5.74, 6) is 0. The highest BCUT2D eigenvalue weighted by Crippen LogP contribution is 2.17. The number of nitrogens with zero attached hydrogens (tertiary/aromatic N) is 1. The lowest BCUT2D eigenvalue weighted by Crippen LogP contribution is -2.28. The van der Waals surface area contributed by atoms with Gasteiger partial charge >= 0.3 is 0 Å². The number of rotatable bonds is 7. The molecular formula is C14H23N3. The van der Waals surface area contributed by atoms with Crippen molar-refractivity contribution in [3.05, 3.63) is 29.8 Å². The molecule has 0 atom stereocenters. The highest BCUT2D eigenvalue weighted by Gasteiger charge is 2.19. The maximum Gasteiger partial charge on any atom is 0.0364 e. The summed E-state index contributed by atoms with van der Waals surface area (Å²) < 4.78 is 0. The third-order valence-electron chi connectivity index (χ3n) is 3.07. The van der Waals surface area contributed by atoms with E-state index in [4.69, 9.17) is 0 Å². The Morgan fingerprint density at radius 2 is 2.06 bits per heavy atom. The quantitative estimate of drug-likeness (QED) is 0.700. The summed E-state index contributed by atoms with van der Waals surface area (Å²) in [6.07, 6.45) is 2.73. The van der Waals surface area contributed by atoms with Gasteiger partial charge in [0.05, 0.1) is 0 Å². The van der Waals surface area contributed by atoms with E-state index in [2.05, 4.69) is 53.9 Å². The smallest absolute Gasteiger partial charge is 0.0364 e. The molecule has 0 bridgehead atoms. The van der Waals surface area contributed by atoms with Gasteiger partial charge in [-0.2, -0.15) is 0 Å². The third-order valence-corrected chi connectivity index (χ3v) is 3.07. The molecule has 1 fully saturated rings. The van der Waals surface area contributed by atoms with Crippen LogP contribution < -0.4 is 15.5 Å². The summed E-state index contributed by atoms with van der Waals surface area (Å²) in [7, 11) is 4.15. The first-order valence-corrected chi connectivity index (χ1v) is 6.46. The number of hydrogen-bond acceptors (Lipinski definition) is 3. The molecule has 0 aliphatic heterocycles. The van der Waals surface area contributed by atoms with Crippen LogP contribution in [0.3, 0.4) is 0 Å². The molecular weight excluding hydrogens is 210 g/mol. The molecule has 0 aromatic heterocycles. The maximum atomic E-state index is 3.50. The molecule has 0 unspecified atom stereocenters. The van der Waals surface area contributed by atoms with E-state index in [0.29, 0.717) is 0 Å². The predicted molar refractivity (Wildman–Crippen MR) is 73.5 cm³/mol. The van der Waals surface area contributed by atoms with Gasteiger partial charge in [0.25, 0.3) is 0 Å². The Hall–Kier alpha value is -1.06. The Morgan fingerprint density at radius 3 is 2.76 bits per heavy atom. The van der Waals surface area contributed by atoms with Gasteiger partial charge < -0.3 is 15.5 Å². The molecule has 0 radical (unpaired) electrons.